The fourth-order valence-corrected chi connectivity index (χ4v) is 4.04. The van der Waals surface area contributed by atoms with Crippen molar-refractivity contribution < 1.29 is 4.79 Å². The van der Waals surface area contributed by atoms with Crippen LogP contribution in [0.3, 0.4) is 0 Å². The molecule has 2 aliphatic heterocycles. The maximum Gasteiger partial charge on any atom is 0.227 e. The van der Waals surface area contributed by atoms with Gasteiger partial charge < -0.3 is 4.90 Å². The molecule has 0 bridgehead atoms. The SMILES string of the molecule is Cc1nc2n(n1)CCN(C(=O)[C@@H]1CN(Cc3ccccc3)C[C@H]1C)C2. The first-order valence-electron chi connectivity index (χ1n) is 9.05. The highest BCUT2D eigenvalue weighted by Crippen LogP contribution is 2.27. The predicted molar refractivity (Wildman–Crippen MR) is 94.5 cm³/mol. The quantitative estimate of drug-likeness (QED) is 0.854. The number of aryl methyl sites for hydroxylation is 1. The molecule has 3 heterocycles. The second-order valence-corrected chi connectivity index (χ2v) is 7.32. The third-order valence-corrected chi connectivity index (χ3v) is 5.33. The van der Waals surface area contributed by atoms with E-state index in [1.54, 1.807) is 0 Å². The Kier molecular flexibility index (Phi) is 4.29. The normalized spacial score (nSPS) is 23.7. The zero-order valence-electron chi connectivity index (χ0n) is 14.9. The monoisotopic (exact) mass is 339 g/mol. The number of hydrogen-bond acceptors (Lipinski definition) is 4. The molecule has 1 fully saturated rings. The minimum Gasteiger partial charge on any atom is -0.333 e. The molecule has 6 nitrogen and oxygen atoms in total. The maximum absolute atomic E-state index is 13.1. The number of benzene rings is 1. The van der Waals surface area contributed by atoms with Crippen molar-refractivity contribution in [3.8, 4) is 0 Å². The van der Waals surface area contributed by atoms with Crippen LogP contribution >= 0.6 is 0 Å². The van der Waals surface area contributed by atoms with Crippen LogP contribution in [-0.2, 0) is 24.4 Å². The van der Waals surface area contributed by atoms with Gasteiger partial charge in [0.25, 0.3) is 0 Å². The summed E-state index contributed by atoms with van der Waals surface area (Å²) in [5.41, 5.74) is 1.31. The summed E-state index contributed by atoms with van der Waals surface area (Å²) < 4.78 is 1.93. The summed E-state index contributed by atoms with van der Waals surface area (Å²) in [5.74, 6) is 2.43. The largest absolute Gasteiger partial charge is 0.333 e. The molecule has 25 heavy (non-hydrogen) atoms. The van der Waals surface area contributed by atoms with E-state index in [0.29, 0.717) is 12.5 Å². The highest BCUT2D eigenvalue weighted by atomic mass is 16.2. The Bertz CT molecular complexity index is 756. The first kappa shape index (κ1) is 16.3. The molecule has 1 saturated heterocycles. The molecule has 0 aliphatic carbocycles. The van der Waals surface area contributed by atoms with Crippen molar-refractivity contribution in [2.75, 3.05) is 19.6 Å². The highest BCUT2D eigenvalue weighted by molar-refractivity contribution is 5.79. The minimum absolute atomic E-state index is 0.0827. The Hall–Kier alpha value is -2.21. The fraction of sp³-hybridized carbons (Fsp3) is 0.526. The van der Waals surface area contributed by atoms with Gasteiger partial charge in [-0.05, 0) is 18.4 Å². The molecule has 2 aliphatic rings. The summed E-state index contributed by atoms with van der Waals surface area (Å²) in [6.45, 7) is 8.91. The van der Waals surface area contributed by atoms with Gasteiger partial charge in [-0.1, -0.05) is 37.3 Å². The highest BCUT2D eigenvalue weighted by Gasteiger charge is 2.38. The van der Waals surface area contributed by atoms with Crippen LogP contribution < -0.4 is 0 Å². The van der Waals surface area contributed by atoms with Crippen molar-refractivity contribution in [3.63, 3.8) is 0 Å². The van der Waals surface area contributed by atoms with Gasteiger partial charge in [0.2, 0.25) is 5.91 Å². The van der Waals surface area contributed by atoms with Gasteiger partial charge in [0.1, 0.15) is 11.6 Å². The smallest absolute Gasteiger partial charge is 0.227 e. The first-order valence-corrected chi connectivity index (χ1v) is 9.05. The van der Waals surface area contributed by atoms with Crippen molar-refractivity contribution in [3.05, 3.63) is 47.5 Å². The molecule has 0 N–H and O–H groups in total. The number of rotatable bonds is 3. The lowest BCUT2D eigenvalue weighted by atomic mass is 9.96. The number of likely N-dealkylation sites (tertiary alicyclic amines) is 1. The molecule has 2 aromatic rings. The number of aromatic nitrogens is 3. The van der Waals surface area contributed by atoms with Crippen LogP contribution in [0.2, 0.25) is 0 Å². The van der Waals surface area contributed by atoms with E-state index in [1.807, 2.05) is 22.6 Å². The number of amides is 1. The Morgan fingerprint density at radius 1 is 1.20 bits per heavy atom. The molecule has 0 spiro atoms. The summed E-state index contributed by atoms with van der Waals surface area (Å²) >= 11 is 0. The number of fused-ring (bicyclic) bond motifs is 1. The van der Waals surface area contributed by atoms with Gasteiger partial charge >= 0.3 is 0 Å². The Labute approximate surface area is 148 Å². The van der Waals surface area contributed by atoms with Gasteiger partial charge in [-0.25, -0.2) is 9.67 Å². The lowest BCUT2D eigenvalue weighted by Crippen LogP contribution is -2.43. The van der Waals surface area contributed by atoms with Crippen molar-refractivity contribution in [2.45, 2.75) is 33.5 Å². The van der Waals surface area contributed by atoms with Crippen molar-refractivity contribution in [1.29, 1.82) is 0 Å². The first-order chi connectivity index (χ1) is 12.1. The van der Waals surface area contributed by atoms with Crippen molar-refractivity contribution in [1.82, 2.24) is 24.6 Å². The molecule has 1 aromatic carbocycles. The van der Waals surface area contributed by atoms with Crippen LogP contribution in [0.4, 0.5) is 0 Å². The summed E-state index contributed by atoms with van der Waals surface area (Å²) in [7, 11) is 0. The minimum atomic E-state index is 0.0827. The lowest BCUT2D eigenvalue weighted by molar-refractivity contribution is -0.137. The van der Waals surface area contributed by atoms with Gasteiger partial charge in [0.05, 0.1) is 19.0 Å². The van der Waals surface area contributed by atoms with Crippen LogP contribution in [0.1, 0.15) is 24.1 Å². The third-order valence-electron chi connectivity index (χ3n) is 5.33. The van der Waals surface area contributed by atoms with Gasteiger partial charge in [0, 0.05) is 26.2 Å². The van der Waals surface area contributed by atoms with E-state index < -0.39 is 0 Å². The Morgan fingerprint density at radius 3 is 2.80 bits per heavy atom. The molecule has 2 atom stereocenters. The van der Waals surface area contributed by atoms with E-state index in [1.165, 1.54) is 5.56 Å². The number of nitrogens with zero attached hydrogens (tertiary/aromatic N) is 5. The third kappa shape index (κ3) is 3.31. The van der Waals surface area contributed by atoms with Crippen LogP contribution in [0.5, 0.6) is 0 Å². The van der Waals surface area contributed by atoms with Gasteiger partial charge in [-0.15, -0.1) is 0 Å². The maximum atomic E-state index is 13.1. The lowest BCUT2D eigenvalue weighted by Gasteiger charge is -2.30. The second-order valence-electron chi connectivity index (χ2n) is 7.32. The summed E-state index contributed by atoms with van der Waals surface area (Å²) in [6, 6.07) is 10.5. The Balaban J connectivity index is 1.41. The number of carbonyl (C=O) groups is 1. The zero-order valence-corrected chi connectivity index (χ0v) is 14.9. The second kappa shape index (κ2) is 6.59. The molecule has 132 valence electrons. The number of carbonyl (C=O) groups excluding carboxylic acids is 1. The molecule has 0 unspecified atom stereocenters. The molecule has 0 radical (unpaired) electrons. The van der Waals surface area contributed by atoms with E-state index in [0.717, 1.165) is 44.4 Å². The summed E-state index contributed by atoms with van der Waals surface area (Å²) in [5, 5.41) is 4.38. The Morgan fingerprint density at radius 2 is 2.00 bits per heavy atom. The van der Waals surface area contributed by atoms with E-state index in [-0.39, 0.29) is 11.8 Å². The molecule has 6 heteroatoms. The van der Waals surface area contributed by atoms with Crippen molar-refractivity contribution >= 4 is 5.91 Å². The summed E-state index contributed by atoms with van der Waals surface area (Å²) in [4.78, 5) is 21.9. The van der Waals surface area contributed by atoms with E-state index in [2.05, 4.69) is 46.2 Å². The molecule has 1 aromatic heterocycles. The van der Waals surface area contributed by atoms with Crippen LogP contribution in [0.25, 0.3) is 0 Å². The molecule has 1 amide bonds. The molecular weight excluding hydrogens is 314 g/mol. The van der Waals surface area contributed by atoms with Gasteiger partial charge in [0.15, 0.2) is 0 Å². The van der Waals surface area contributed by atoms with Crippen LogP contribution in [0.15, 0.2) is 30.3 Å². The summed E-state index contributed by atoms with van der Waals surface area (Å²) in [6.07, 6.45) is 0. The average Bonchev–Trinajstić information content (AvgIpc) is 3.15. The van der Waals surface area contributed by atoms with Gasteiger partial charge in [-0.2, -0.15) is 5.10 Å². The van der Waals surface area contributed by atoms with E-state index in [9.17, 15) is 4.79 Å². The molecule has 4 rings (SSSR count). The van der Waals surface area contributed by atoms with Crippen molar-refractivity contribution in [2.24, 2.45) is 11.8 Å². The molecular formula is C19H25N5O. The van der Waals surface area contributed by atoms with E-state index in [4.69, 9.17) is 0 Å². The standard InChI is InChI=1S/C19H25N5O/c1-14-10-22(11-16-6-4-3-5-7-16)12-17(14)19(25)23-8-9-24-18(13-23)20-15(2)21-24/h3-7,14,17H,8-13H2,1-2H3/t14-,17-/m1/s1. The van der Waals surface area contributed by atoms with Crippen LogP contribution in [-0.4, -0.2) is 50.1 Å². The van der Waals surface area contributed by atoms with Gasteiger partial charge in [-0.3, -0.25) is 9.69 Å². The fourth-order valence-electron chi connectivity index (χ4n) is 4.04. The number of hydrogen-bond donors (Lipinski definition) is 0. The molecule has 0 saturated carbocycles. The predicted octanol–water partition coefficient (Wildman–Crippen LogP) is 1.70. The topological polar surface area (TPSA) is 54.3 Å². The van der Waals surface area contributed by atoms with Crippen LogP contribution in [0, 0.1) is 18.8 Å². The zero-order chi connectivity index (χ0) is 17.4. The van der Waals surface area contributed by atoms with E-state index >= 15 is 0 Å². The average molecular weight is 339 g/mol.